The first-order valence-corrected chi connectivity index (χ1v) is 6.98. The Balaban J connectivity index is 1.99. The molecular formula is C17H23N. The Hall–Kier alpha value is -1.26. The topological polar surface area (TPSA) is 12.0 Å². The van der Waals surface area contributed by atoms with Crippen LogP contribution < -0.4 is 5.32 Å². The van der Waals surface area contributed by atoms with Crippen LogP contribution in [0.25, 0.3) is 0 Å². The summed E-state index contributed by atoms with van der Waals surface area (Å²) in [7, 11) is 2.09. The van der Waals surface area contributed by atoms with Gasteiger partial charge in [0.15, 0.2) is 0 Å². The van der Waals surface area contributed by atoms with Gasteiger partial charge in [0, 0.05) is 12.5 Å². The fourth-order valence-electron chi connectivity index (χ4n) is 3.04. The molecule has 18 heavy (non-hydrogen) atoms. The SMILES string of the molecule is CC#CCCC(NC)C1CCc2ccccc2C1. The number of hydrogen-bond donors (Lipinski definition) is 1. The van der Waals surface area contributed by atoms with E-state index < -0.39 is 0 Å². The van der Waals surface area contributed by atoms with Crippen LogP contribution in [0.1, 0.15) is 37.3 Å². The molecule has 1 aromatic carbocycles. The summed E-state index contributed by atoms with van der Waals surface area (Å²) in [6, 6.07) is 9.51. The average Bonchev–Trinajstić information content (AvgIpc) is 2.43. The maximum absolute atomic E-state index is 3.49. The Morgan fingerprint density at radius 3 is 2.83 bits per heavy atom. The quantitative estimate of drug-likeness (QED) is 0.798. The summed E-state index contributed by atoms with van der Waals surface area (Å²) in [5.74, 6) is 6.94. The predicted octanol–water partition coefficient (Wildman–Crippen LogP) is 3.18. The van der Waals surface area contributed by atoms with E-state index in [1.165, 1.54) is 25.7 Å². The van der Waals surface area contributed by atoms with Gasteiger partial charge >= 0.3 is 0 Å². The molecule has 1 aromatic rings. The van der Waals surface area contributed by atoms with E-state index in [0.717, 1.165) is 12.3 Å². The molecule has 0 saturated carbocycles. The number of nitrogens with one attached hydrogen (secondary N) is 1. The van der Waals surface area contributed by atoms with Gasteiger partial charge in [-0.05, 0) is 56.7 Å². The van der Waals surface area contributed by atoms with Crippen molar-refractivity contribution in [3.63, 3.8) is 0 Å². The van der Waals surface area contributed by atoms with Crippen molar-refractivity contribution in [1.29, 1.82) is 0 Å². The van der Waals surface area contributed by atoms with Gasteiger partial charge in [0.2, 0.25) is 0 Å². The molecule has 2 rings (SSSR count). The van der Waals surface area contributed by atoms with E-state index in [4.69, 9.17) is 0 Å². The average molecular weight is 241 g/mol. The summed E-state index contributed by atoms with van der Waals surface area (Å²) in [6.07, 6.45) is 5.95. The third kappa shape index (κ3) is 3.15. The molecule has 0 heterocycles. The van der Waals surface area contributed by atoms with E-state index in [2.05, 4.69) is 48.5 Å². The molecule has 1 heteroatoms. The third-order valence-corrected chi connectivity index (χ3v) is 4.08. The number of rotatable bonds is 4. The largest absolute Gasteiger partial charge is 0.317 e. The zero-order valence-corrected chi connectivity index (χ0v) is 11.5. The van der Waals surface area contributed by atoms with Crippen LogP contribution in [0.4, 0.5) is 0 Å². The minimum atomic E-state index is 0.610. The van der Waals surface area contributed by atoms with Crippen LogP contribution in [0.5, 0.6) is 0 Å². The zero-order valence-electron chi connectivity index (χ0n) is 11.5. The second-order valence-corrected chi connectivity index (χ2v) is 5.13. The Kier molecular flexibility index (Phi) is 4.84. The van der Waals surface area contributed by atoms with Crippen molar-refractivity contribution >= 4 is 0 Å². The number of benzene rings is 1. The van der Waals surface area contributed by atoms with Crippen molar-refractivity contribution in [2.45, 2.75) is 45.1 Å². The van der Waals surface area contributed by atoms with E-state index in [1.807, 2.05) is 6.92 Å². The first kappa shape index (κ1) is 13.2. The van der Waals surface area contributed by atoms with E-state index >= 15 is 0 Å². The highest BCUT2D eigenvalue weighted by Crippen LogP contribution is 2.28. The van der Waals surface area contributed by atoms with Gasteiger partial charge in [0.05, 0.1) is 0 Å². The molecule has 2 atom stereocenters. The van der Waals surface area contributed by atoms with Crippen LogP contribution in [0, 0.1) is 17.8 Å². The van der Waals surface area contributed by atoms with Crippen LogP contribution >= 0.6 is 0 Å². The van der Waals surface area contributed by atoms with E-state index in [0.29, 0.717) is 6.04 Å². The highest BCUT2D eigenvalue weighted by Gasteiger charge is 2.24. The highest BCUT2D eigenvalue weighted by molar-refractivity contribution is 5.30. The van der Waals surface area contributed by atoms with Gasteiger partial charge in [-0.3, -0.25) is 0 Å². The number of fused-ring (bicyclic) bond motifs is 1. The molecule has 0 amide bonds. The Labute approximate surface area is 111 Å². The maximum Gasteiger partial charge on any atom is 0.0105 e. The van der Waals surface area contributed by atoms with Crippen LogP contribution in [-0.2, 0) is 12.8 Å². The lowest BCUT2D eigenvalue weighted by Gasteiger charge is -2.31. The van der Waals surface area contributed by atoms with Crippen LogP contribution in [0.3, 0.4) is 0 Å². The summed E-state index contributed by atoms with van der Waals surface area (Å²) in [5, 5.41) is 3.49. The van der Waals surface area contributed by atoms with Crippen molar-refractivity contribution in [1.82, 2.24) is 5.32 Å². The molecule has 0 aliphatic heterocycles. The van der Waals surface area contributed by atoms with Crippen molar-refractivity contribution in [2.24, 2.45) is 5.92 Å². The lowest BCUT2D eigenvalue weighted by molar-refractivity contribution is 0.322. The smallest absolute Gasteiger partial charge is 0.0105 e. The normalized spacial score (nSPS) is 19.6. The predicted molar refractivity (Wildman–Crippen MR) is 77.5 cm³/mol. The molecule has 1 N–H and O–H groups in total. The minimum Gasteiger partial charge on any atom is -0.317 e. The van der Waals surface area contributed by atoms with Crippen LogP contribution in [0.15, 0.2) is 24.3 Å². The standard InChI is InChI=1S/C17H23N/c1-3-4-5-10-17(18-2)16-12-11-14-8-6-7-9-15(14)13-16/h6-9,16-18H,5,10-13H2,1-2H3. The first-order valence-electron chi connectivity index (χ1n) is 6.98. The highest BCUT2D eigenvalue weighted by atomic mass is 14.9. The molecule has 0 aromatic heterocycles. The number of hydrogen-bond acceptors (Lipinski definition) is 1. The zero-order chi connectivity index (χ0) is 12.8. The Morgan fingerprint density at radius 2 is 2.11 bits per heavy atom. The summed E-state index contributed by atoms with van der Waals surface area (Å²) in [6.45, 7) is 1.92. The molecule has 0 bridgehead atoms. The summed E-state index contributed by atoms with van der Waals surface area (Å²) < 4.78 is 0. The van der Waals surface area contributed by atoms with Crippen LogP contribution in [-0.4, -0.2) is 13.1 Å². The van der Waals surface area contributed by atoms with E-state index in [1.54, 1.807) is 11.1 Å². The summed E-state index contributed by atoms with van der Waals surface area (Å²) in [5.41, 5.74) is 3.10. The number of aryl methyl sites for hydroxylation is 1. The fraction of sp³-hybridized carbons (Fsp3) is 0.529. The van der Waals surface area contributed by atoms with Crippen LogP contribution in [0.2, 0.25) is 0 Å². The first-order chi connectivity index (χ1) is 8.85. The molecule has 96 valence electrons. The van der Waals surface area contributed by atoms with Gasteiger partial charge in [0.25, 0.3) is 0 Å². The van der Waals surface area contributed by atoms with Gasteiger partial charge in [-0.1, -0.05) is 24.3 Å². The second-order valence-electron chi connectivity index (χ2n) is 5.13. The van der Waals surface area contributed by atoms with Gasteiger partial charge in [-0.15, -0.1) is 11.8 Å². The van der Waals surface area contributed by atoms with Crippen molar-refractivity contribution in [2.75, 3.05) is 7.05 Å². The van der Waals surface area contributed by atoms with Gasteiger partial charge in [0.1, 0.15) is 0 Å². The summed E-state index contributed by atoms with van der Waals surface area (Å²) >= 11 is 0. The Morgan fingerprint density at radius 1 is 1.33 bits per heavy atom. The molecule has 0 radical (unpaired) electrons. The molecule has 2 unspecified atom stereocenters. The molecule has 1 nitrogen and oxygen atoms in total. The van der Waals surface area contributed by atoms with Crippen molar-refractivity contribution < 1.29 is 0 Å². The van der Waals surface area contributed by atoms with Gasteiger partial charge < -0.3 is 5.32 Å². The van der Waals surface area contributed by atoms with E-state index in [-0.39, 0.29) is 0 Å². The molecule has 0 saturated heterocycles. The lowest BCUT2D eigenvalue weighted by Crippen LogP contribution is -2.36. The van der Waals surface area contributed by atoms with Crippen molar-refractivity contribution in [3.8, 4) is 11.8 Å². The molecule has 0 spiro atoms. The molecule has 1 aliphatic carbocycles. The van der Waals surface area contributed by atoms with Gasteiger partial charge in [-0.2, -0.15) is 0 Å². The van der Waals surface area contributed by atoms with Gasteiger partial charge in [-0.25, -0.2) is 0 Å². The Bertz CT molecular complexity index is 438. The lowest BCUT2D eigenvalue weighted by atomic mass is 9.79. The summed E-state index contributed by atoms with van der Waals surface area (Å²) in [4.78, 5) is 0. The molecule has 0 fully saturated rings. The van der Waals surface area contributed by atoms with Crippen molar-refractivity contribution in [3.05, 3.63) is 35.4 Å². The van der Waals surface area contributed by atoms with E-state index in [9.17, 15) is 0 Å². The molecule has 1 aliphatic rings. The maximum atomic E-state index is 3.49. The molecular weight excluding hydrogens is 218 g/mol. The minimum absolute atomic E-state index is 0.610. The monoisotopic (exact) mass is 241 g/mol. The fourth-order valence-corrected chi connectivity index (χ4v) is 3.04. The second kappa shape index (κ2) is 6.61. The third-order valence-electron chi connectivity index (χ3n) is 4.08.